The average molecular weight is 342 g/mol. The Labute approximate surface area is 151 Å². The van der Waals surface area contributed by atoms with Crippen molar-refractivity contribution >= 4 is 11.0 Å². The number of aromatic amines is 1. The average Bonchev–Trinajstić information content (AvgIpc) is 3.22. The first-order chi connectivity index (χ1) is 12.6. The van der Waals surface area contributed by atoms with E-state index in [2.05, 4.69) is 33.5 Å². The first-order valence-corrected chi connectivity index (χ1v) is 8.39. The van der Waals surface area contributed by atoms with Crippen molar-refractivity contribution in [3.8, 4) is 28.6 Å². The van der Waals surface area contributed by atoms with Crippen LogP contribution in [0.25, 0.3) is 33.5 Å². The SMILES string of the molecule is Cc1cc2[nH]nc(-c3cnn(C)c3)c2nc1-c1cccc(CC#N)c1C. The van der Waals surface area contributed by atoms with E-state index < -0.39 is 0 Å². The molecule has 128 valence electrons. The van der Waals surface area contributed by atoms with Crippen LogP contribution in [0.5, 0.6) is 0 Å². The molecule has 0 spiro atoms. The molecule has 6 nitrogen and oxygen atoms in total. The lowest BCUT2D eigenvalue weighted by atomic mass is 9.96. The molecule has 0 radical (unpaired) electrons. The third kappa shape index (κ3) is 2.54. The second kappa shape index (κ2) is 6.12. The van der Waals surface area contributed by atoms with Crippen molar-refractivity contribution in [2.45, 2.75) is 20.3 Å². The highest BCUT2D eigenvalue weighted by atomic mass is 15.2. The predicted molar refractivity (Wildman–Crippen MR) is 100 cm³/mol. The van der Waals surface area contributed by atoms with Gasteiger partial charge < -0.3 is 0 Å². The molecule has 0 aliphatic rings. The van der Waals surface area contributed by atoms with Gasteiger partial charge in [-0.3, -0.25) is 9.78 Å². The molecule has 4 rings (SSSR count). The van der Waals surface area contributed by atoms with Gasteiger partial charge in [0.05, 0.1) is 29.9 Å². The molecule has 0 amide bonds. The Morgan fingerprint density at radius 2 is 2.08 bits per heavy atom. The van der Waals surface area contributed by atoms with Crippen molar-refractivity contribution in [2.24, 2.45) is 7.05 Å². The number of aromatic nitrogens is 5. The molecule has 0 atom stereocenters. The number of pyridine rings is 1. The molecule has 1 aromatic carbocycles. The van der Waals surface area contributed by atoms with E-state index >= 15 is 0 Å². The van der Waals surface area contributed by atoms with Crippen LogP contribution in [0.4, 0.5) is 0 Å². The summed E-state index contributed by atoms with van der Waals surface area (Å²) >= 11 is 0. The second-order valence-corrected chi connectivity index (χ2v) is 6.45. The summed E-state index contributed by atoms with van der Waals surface area (Å²) in [5.41, 5.74) is 8.60. The fourth-order valence-corrected chi connectivity index (χ4v) is 3.28. The summed E-state index contributed by atoms with van der Waals surface area (Å²) in [6, 6.07) is 10.3. The number of hydrogen-bond acceptors (Lipinski definition) is 4. The maximum atomic E-state index is 9.05. The predicted octanol–water partition coefficient (Wildman–Crippen LogP) is 3.71. The Bertz CT molecular complexity index is 1160. The third-order valence-electron chi connectivity index (χ3n) is 4.67. The smallest absolute Gasteiger partial charge is 0.122 e. The Morgan fingerprint density at radius 1 is 1.23 bits per heavy atom. The Kier molecular flexibility index (Phi) is 3.77. The van der Waals surface area contributed by atoms with Crippen LogP contribution < -0.4 is 0 Å². The molecule has 4 aromatic rings. The van der Waals surface area contributed by atoms with Crippen LogP contribution in [-0.4, -0.2) is 25.0 Å². The van der Waals surface area contributed by atoms with E-state index in [-0.39, 0.29) is 0 Å². The van der Waals surface area contributed by atoms with Crippen molar-refractivity contribution in [1.82, 2.24) is 25.0 Å². The highest BCUT2D eigenvalue weighted by Crippen LogP contribution is 2.32. The quantitative estimate of drug-likeness (QED) is 0.615. The van der Waals surface area contributed by atoms with Gasteiger partial charge >= 0.3 is 0 Å². The molecule has 0 bridgehead atoms. The number of nitrogens with one attached hydrogen (secondary N) is 1. The van der Waals surface area contributed by atoms with Gasteiger partial charge in [0, 0.05) is 24.4 Å². The zero-order valence-electron chi connectivity index (χ0n) is 14.9. The number of nitriles is 1. The van der Waals surface area contributed by atoms with Crippen molar-refractivity contribution in [3.63, 3.8) is 0 Å². The van der Waals surface area contributed by atoms with Crippen LogP contribution in [0, 0.1) is 25.2 Å². The lowest BCUT2D eigenvalue weighted by Gasteiger charge is -2.11. The number of nitrogens with zero attached hydrogens (tertiary/aromatic N) is 5. The molecule has 0 saturated carbocycles. The maximum Gasteiger partial charge on any atom is 0.122 e. The van der Waals surface area contributed by atoms with Crippen LogP contribution in [0.15, 0.2) is 36.7 Å². The first-order valence-electron chi connectivity index (χ1n) is 8.39. The Hall–Kier alpha value is -3.46. The second-order valence-electron chi connectivity index (χ2n) is 6.45. The molecule has 1 N–H and O–H groups in total. The standard InChI is InChI=1S/C20H18N6/c1-12-9-17-20(19(25-24-17)15-10-22-26(3)11-15)23-18(12)16-6-4-5-14(7-8-21)13(16)2/h4-6,9-11H,7H2,1-3H3,(H,24,25). The summed E-state index contributed by atoms with van der Waals surface area (Å²) in [5, 5.41) is 20.8. The minimum absolute atomic E-state index is 0.396. The van der Waals surface area contributed by atoms with E-state index in [0.29, 0.717) is 6.42 Å². The van der Waals surface area contributed by atoms with E-state index in [1.807, 2.05) is 39.2 Å². The summed E-state index contributed by atoms with van der Waals surface area (Å²) in [5.74, 6) is 0. The van der Waals surface area contributed by atoms with Crippen LogP contribution in [-0.2, 0) is 13.5 Å². The third-order valence-corrected chi connectivity index (χ3v) is 4.67. The van der Waals surface area contributed by atoms with Crippen LogP contribution in [0.1, 0.15) is 16.7 Å². The van der Waals surface area contributed by atoms with Crippen molar-refractivity contribution < 1.29 is 0 Å². The molecule has 26 heavy (non-hydrogen) atoms. The topological polar surface area (TPSA) is 83.2 Å². The fraction of sp³-hybridized carbons (Fsp3) is 0.200. The van der Waals surface area contributed by atoms with E-state index in [0.717, 1.165) is 50.2 Å². The Balaban J connectivity index is 1.93. The minimum atomic E-state index is 0.396. The first kappa shape index (κ1) is 16.0. The van der Waals surface area contributed by atoms with E-state index in [1.54, 1.807) is 10.9 Å². The lowest BCUT2D eigenvalue weighted by Crippen LogP contribution is -1.96. The van der Waals surface area contributed by atoms with Gasteiger partial charge in [-0.1, -0.05) is 18.2 Å². The number of rotatable bonds is 3. The number of H-pyrrole nitrogens is 1. The van der Waals surface area contributed by atoms with E-state index in [1.165, 1.54) is 0 Å². The number of hydrogen-bond donors (Lipinski definition) is 1. The van der Waals surface area contributed by atoms with Crippen molar-refractivity contribution in [1.29, 1.82) is 5.26 Å². The summed E-state index contributed by atoms with van der Waals surface area (Å²) in [4.78, 5) is 4.94. The van der Waals surface area contributed by atoms with Gasteiger partial charge in [0.1, 0.15) is 11.2 Å². The monoisotopic (exact) mass is 342 g/mol. The van der Waals surface area contributed by atoms with Crippen LogP contribution >= 0.6 is 0 Å². The van der Waals surface area contributed by atoms with Crippen LogP contribution in [0.2, 0.25) is 0 Å². The molecule has 0 saturated heterocycles. The molecule has 0 fully saturated rings. The van der Waals surface area contributed by atoms with Crippen molar-refractivity contribution in [2.75, 3.05) is 0 Å². The largest absolute Gasteiger partial charge is 0.276 e. The van der Waals surface area contributed by atoms with Gasteiger partial charge in [-0.05, 0) is 36.6 Å². The summed E-state index contributed by atoms with van der Waals surface area (Å²) < 4.78 is 1.75. The molecular weight excluding hydrogens is 324 g/mol. The Morgan fingerprint density at radius 3 is 2.81 bits per heavy atom. The number of fused-ring (bicyclic) bond motifs is 1. The van der Waals surface area contributed by atoms with Gasteiger partial charge in [-0.2, -0.15) is 15.5 Å². The summed E-state index contributed by atoms with van der Waals surface area (Å²) in [6.07, 6.45) is 4.11. The minimum Gasteiger partial charge on any atom is -0.276 e. The molecule has 3 heterocycles. The number of aryl methyl sites for hydroxylation is 2. The highest BCUT2D eigenvalue weighted by molar-refractivity contribution is 5.91. The van der Waals surface area contributed by atoms with Gasteiger partial charge in [0.15, 0.2) is 0 Å². The molecular formula is C20H18N6. The zero-order valence-corrected chi connectivity index (χ0v) is 14.9. The fourth-order valence-electron chi connectivity index (χ4n) is 3.28. The van der Waals surface area contributed by atoms with E-state index in [9.17, 15) is 0 Å². The molecule has 0 aliphatic carbocycles. The van der Waals surface area contributed by atoms with E-state index in [4.69, 9.17) is 10.2 Å². The maximum absolute atomic E-state index is 9.05. The molecule has 3 aromatic heterocycles. The van der Waals surface area contributed by atoms with Gasteiger partial charge in [-0.15, -0.1) is 0 Å². The lowest BCUT2D eigenvalue weighted by molar-refractivity contribution is 0.768. The molecule has 0 unspecified atom stereocenters. The van der Waals surface area contributed by atoms with Gasteiger partial charge in [0.25, 0.3) is 0 Å². The van der Waals surface area contributed by atoms with Gasteiger partial charge in [0.2, 0.25) is 0 Å². The zero-order chi connectivity index (χ0) is 18.3. The van der Waals surface area contributed by atoms with Gasteiger partial charge in [-0.25, -0.2) is 4.98 Å². The van der Waals surface area contributed by atoms with Crippen LogP contribution in [0.3, 0.4) is 0 Å². The normalized spacial score (nSPS) is 11.0. The molecule has 0 aliphatic heterocycles. The molecule has 6 heteroatoms. The summed E-state index contributed by atoms with van der Waals surface area (Å²) in [7, 11) is 1.88. The summed E-state index contributed by atoms with van der Waals surface area (Å²) in [6.45, 7) is 4.09. The number of benzene rings is 1. The highest BCUT2D eigenvalue weighted by Gasteiger charge is 2.16. The van der Waals surface area contributed by atoms with Crippen molar-refractivity contribution in [3.05, 3.63) is 53.3 Å².